The molecule has 1 N–H and O–H groups in total. The van der Waals surface area contributed by atoms with Crippen LogP contribution in [0.15, 0.2) is 16.5 Å². The van der Waals surface area contributed by atoms with Gasteiger partial charge >= 0.3 is 5.97 Å². The second-order valence-electron chi connectivity index (χ2n) is 4.25. The van der Waals surface area contributed by atoms with Crippen LogP contribution in [-0.4, -0.2) is 17.7 Å². The SMILES string of the molecule is CC(OCCC1CC1)c1ccc(C(=O)O)o1. The summed E-state index contributed by atoms with van der Waals surface area (Å²) >= 11 is 0. The van der Waals surface area contributed by atoms with Crippen molar-refractivity contribution in [2.24, 2.45) is 5.92 Å². The summed E-state index contributed by atoms with van der Waals surface area (Å²) in [6.45, 7) is 2.59. The van der Waals surface area contributed by atoms with Gasteiger partial charge in [-0.1, -0.05) is 12.8 Å². The van der Waals surface area contributed by atoms with Crippen LogP contribution in [0.4, 0.5) is 0 Å². The van der Waals surface area contributed by atoms with Crippen molar-refractivity contribution in [1.29, 1.82) is 0 Å². The van der Waals surface area contributed by atoms with Crippen LogP contribution in [0, 0.1) is 5.92 Å². The first-order chi connectivity index (χ1) is 7.66. The lowest BCUT2D eigenvalue weighted by Crippen LogP contribution is -2.01. The quantitative estimate of drug-likeness (QED) is 0.807. The zero-order chi connectivity index (χ0) is 11.5. The molecule has 1 heterocycles. The zero-order valence-corrected chi connectivity index (χ0v) is 9.31. The highest BCUT2D eigenvalue weighted by Crippen LogP contribution is 2.32. The Bertz CT molecular complexity index is 365. The van der Waals surface area contributed by atoms with Crippen molar-refractivity contribution in [3.05, 3.63) is 23.7 Å². The Kier molecular flexibility index (Phi) is 3.29. The number of furan rings is 1. The monoisotopic (exact) mass is 224 g/mol. The first-order valence-electron chi connectivity index (χ1n) is 5.61. The molecule has 1 unspecified atom stereocenters. The molecule has 0 radical (unpaired) electrons. The Balaban J connectivity index is 1.81. The van der Waals surface area contributed by atoms with Crippen LogP contribution in [0.3, 0.4) is 0 Å². The van der Waals surface area contributed by atoms with Crippen LogP contribution in [-0.2, 0) is 4.74 Å². The van der Waals surface area contributed by atoms with Crippen molar-refractivity contribution < 1.29 is 19.1 Å². The maximum absolute atomic E-state index is 10.6. The summed E-state index contributed by atoms with van der Waals surface area (Å²) in [5, 5.41) is 8.70. The molecule has 0 saturated heterocycles. The fourth-order valence-corrected chi connectivity index (χ4v) is 1.59. The van der Waals surface area contributed by atoms with E-state index in [0.29, 0.717) is 5.76 Å². The highest BCUT2D eigenvalue weighted by Gasteiger charge is 2.21. The lowest BCUT2D eigenvalue weighted by atomic mass is 10.3. The molecule has 1 atom stereocenters. The van der Waals surface area contributed by atoms with E-state index in [1.165, 1.54) is 18.9 Å². The van der Waals surface area contributed by atoms with E-state index >= 15 is 0 Å². The third kappa shape index (κ3) is 2.85. The van der Waals surface area contributed by atoms with Gasteiger partial charge in [-0.2, -0.15) is 0 Å². The molecule has 2 rings (SSSR count). The topological polar surface area (TPSA) is 59.7 Å². The van der Waals surface area contributed by atoms with Gasteiger partial charge < -0.3 is 14.3 Å². The average Bonchev–Trinajstić information content (AvgIpc) is 2.93. The van der Waals surface area contributed by atoms with E-state index in [1.807, 2.05) is 6.92 Å². The normalized spacial score (nSPS) is 17.3. The molecular weight excluding hydrogens is 208 g/mol. The van der Waals surface area contributed by atoms with Crippen LogP contribution >= 0.6 is 0 Å². The van der Waals surface area contributed by atoms with Gasteiger partial charge in [0.1, 0.15) is 11.9 Å². The van der Waals surface area contributed by atoms with Gasteiger partial charge in [-0.15, -0.1) is 0 Å². The highest BCUT2D eigenvalue weighted by atomic mass is 16.5. The predicted molar refractivity (Wildman–Crippen MR) is 57.4 cm³/mol. The molecule has 4 nitrogen and oxygen atoms in total. The lowest BCUT2D eigenvalue weighted by molar-refractivity contribution is 0.0440. The standard InChI is InChI=1S/C12H16O4/c1-8(15-7-6-9-2-3-9)10-4-5-11(16-10)12(13)14/h4-5,8-9H,2-3,6-7H2,1H3,(H,13,14). The number of aromatic carboxylic acids is 1. The summed E-state index contributed by atoms with van der Waals surface area (Å²) in [6.07, 6.45) is 3.56. The second-order valence-corrected chi connectivity index (χ2v) is 4.25. The number of carbonyl (C=O) groups is 1. The van der Waals surface area contributed by atoms with Crippen molar-refractivity contribution in [3.63, 3.8) is 0 Å². The van der Waals surface area contributed by atoms with E-state index in [9.17, 15) is 4.79 Å². The Morgan fingerprint density at radius 3 is 2.94 bits per heavy atom. The lowest BCUT2D eigenvalue weighted by Gasteiger charge is -2.09. The van der Waals surface area contributed by atoms with E-state index in [2.05, 4.69) is 0 Å². The van der Waals surface area contributed by atoms with Crippen LogP contribution < -0.4 is 0 Å². The molecule has 0 aromatic carbocycles. The first-order valence-corrected chi connectivity index (χ1v) is 5.61. The van der Waals surface area contributed by atoms with Crippen molar-refractivity contribution in [2.45, 2.75) is 32.3 Å². The second kappa shape index (κ2) is 4.70. The van der Waals surface area contributed by atoms with Crippen molar-refractivity contribution >= 4 is 5.97 Å². The molecule has 0 spiro atoms. The molecule has 1 aliphatic rings. The Morgan fingerprint density at radius 2 is 2.38 bits per heavy atom. The molecule has 1 aliphatic carbocycles. The van der Waals surface area contributed by atoms with Gasteiger partial charge in [-0.3, -0.25) is 0 Å². The van der Waals surface area contributed by atoms with Crippen molar-refractivity contribution in [2.75, 3.05) is 6.61 Å². The molecule has 4 heteroatoms. The van der Waals surface area contributed by atoms with Crippen LogP contribution in [0.1, 0.15) is 48.6 Å². The summed E-state index contributed by atoms with van der Waals surface area (Å²) in [5.74, 6) is 0.343. The fraction of sp³-hybridized carbons (Fsp3) is 0.583. The Hall–Kier alpha value is -1.29. The maximum Gasteiger partial charge on any atom is 0.371 e. The van der Waals surface area contributed by atoms with E-state index in [4.69, 9.17) is 14.3 Å². The molecule has 1 fully saturated rings. The summed E-state index contributed by atoms with van der Waals surface area (Å²) in [6, 6.07) is 3.11. The number of hydrogen-bond donors (Lipinski definition) is 1. The molecule has 1 aromatic heterocycles. The number of carboxylic acid groups (broad SMARTS) is 1. The Morgan fingerprint density at radius 1 is 1.62 bits per heavy atom. The Labute approximate surface area is 94.2 Å². The summed E-state index contributed by atoms with van der Waals surface area (Å²) < 4.78 is 10.7. The van der Waals surface area contributed by atoms with Gasteiger partial charge in [-0.05, 0) is 31.4 Å². The van der Waals surface area contributed by atoms with Crippen molar-refractivity contribution in [3.8, 4) is 0 Å². The fourth-order valence-electron chi connectivity index (χ4n) is 1.59. The summed E-state index contributed by atoms with van der Waals surface area (Å²) in [7, 11) is 0. The van der Waals surface area contributed by atoms with Gasteiger partial charge in [0, 0.05) is 6.61 Å². The molecule has 0 amide bonds. The summed E-state index contributed by atoms with van der Waals surface area (Å²) in [5.41, 5.74) is 0. The number of rotatable bonds is 6. The maximum atomic E-state index is 10.6. The molecule has 1 saturated carbocycles. The number of carboxylic acids is 1. The molecule has 0 aliphatic heterocycles. The molecule has 88 valence electrons. The third-order valence-corrected chi connectivity index (χ3v) is 2.83. The van der Waals surface area contributed by atoms with E-state index in [-0.39, 0.29) is 11.9 Å². The minimum atomic E-state index is -1.04. The summed E-state index contributed by atoms with van der Waals surface area (Å²) in [4.78, 5) is 10.6. The molecule has 1 aromatic rings. The molecule has 16 heavy (non-hydrogen) atoms. The van der Waals surface area contributed by atoms with Crippen LogP contribution in [0.2, 0.25) is 0 Å². The average molecular weight is 224 g/mol. The minimum Gasteiger partial charge on any atom is -0.475 e. The molecular formula is C12H16O4. The smallest absolute Gasteiger partial charge is 0.371 e. The number of hydrogen-bond acceptors (Lipinski definition) is 3. The van der Waals surface area contributed by atoms with Gasteiger partial charge in [0.05, 0.1) is 0 Å². The van der Waals surface area contributed by atoms with E-state index in [1.54, 1.807) is 6.07 Å². The van der Waals surface area contributed by atoms with Gasteiger partial charge in [0.2, 0.25) is 5.76 Å². The molecule has 0 bridgehead atoms. The van der Waals surface area contributed by atoms with Gasteiger partial charge in [0.15, 0.2) is 0 Å². The minimum absolute atomic E-state index is 0.0346. The first kappa shape index (κ1) is 11.2. The van der Waals surface area contributed by atoms with Crippen LogP contribution in [0.25, 0.3) is 0 Å². The van der Waals surface area contributed by atoms with Gasteiger partial charge in [0.25, 0.3) is 0 Å². The van der Waals surface area contributed by atoms with E-state index < -0.39 is 5.97 Å². The van der Waals surface area contributed by atoms with E-state index in [0.717, 1.165) is 18.9 Å². The number of ether oxygens (including phenoxy) is 1. The van der Waals surface area contributed by atoms with Crippen LogP contribution in [0.5, 0.6) is 0 Å². The highest BCUT2D eigenvalue weighted by molar-refractivity contribution is 5.84. The predicted octanol–water partition coefficient (Wildman–Crippen LogP) is 2.86. The largest absolute Gasteiger partial charge is 0.475 e. The third-order valence-electron chi connectivity index (χ3n) is 2.83. The van der Waals surface area contributed by atoms with Crippen molar-refractivity contribution in [1.82, 2.24) is 0 Å². The van der Waals surface area contributed by atoms with Gasteiger partial charge in [-0.25, -0.2) is 4.79 Å². The zero-order valence-electron chi connectivity index (χ0n) is 9.31.